The van der Waals surface area contributed by atoms with E-state index in [1.54, 1.807) is 0 Å². The topological polar surface area (TPSA) is 29.5 Å². The molecule has 1 aliphatic heterocycles. The minimum absolute atomic E-state index is 0.193. The lowest BCUT2D eigenvalue weighted by Crippen LogP contribution is -1.98. The van der Waals surface area contributed by atoms with Crippen molar-refractivity contribution in [1.29, 1.82) is 0 Å². The average Bonchev–Trinajstić information content (AvgIpc) is 2.63. The van der Waals surface area contributed by atoms with Crippen molar-refractivity contribution in [1.82, 2.24) is 0 Å². The SMILES string of the molecule is CC(CO)c1ccc2c(c1)OCC2. The van der Waals surface area contributed by atoms with Gasteiger partial charge in [-0.1, -0.05) is 19.1 Å². The zero-order chi connectivity index (χ0) is 9.26. The highest BCUT2D eigenvalue weighted by Gasteiger charge is 2.13. The number of aliphatic hydroxyl groups excluding tert-OH is 1. The summed E-state index contributed by atoms with van der Waals surface area (Å²) in [4.78, 5) is 0. The van der Waals surface area contributed by atoms with Gasteiger partial charge >= 0.3 is 0 Å². The predicted molar refractivity (Wildman–Crippen MR) is 51.1 cm³/mol. The summed E-state index contributed by atoms with van der Waals surface area (Å²) in [5, 5.41) is 9.00. The fourth-order valence-corrected chi connectivity index (χ4v) is 1.59. The van der Waals surface area contributed by atoms with Gasteiger partial charge in [0.15, 0.2) is 0 Å². The summed E-state index contributed by atoms with van der Waals surface area (Å²) in [7, 11) is 0. The largest absolute Gasteiger partial charge is 0.493 e. The van der Waals surface area contributed by atoms with E-state index < -0.39 is 0 Å². The molecule has 1 aliphatic rings. The second-order valence-corrected chi connectivity index (χ2v) is 3.55. The molecule has 0 radical (unpaired) electrons. The second-order valence-electron chi connectivity index (χ2n) is 3.55. The van der Waals surface area contributed by atoms with E-state index in [0.29, 0.717) is 0 Å². The maximum Gasteiger partial charge on any atom is 0.122 e. The van der Waals surface area contributed by atoms with Gasteiger partial charge in [0, 0.05) is 18.9 Å². The van der Waals surface area contributed by atoms with E-state index in [0.717, 1.165) is 24.3 Å². The molecule has 2 rings (SSSR count). The Labute approximate surface area is 78.2 Å². The molecule has 1 aromatic rings. The minimum Gasteiger partial charge on any atom is -0.493 e. The fourth-order valence-electron chi connectivity index (χ4n) is 1.59. The first-order valence-corrected chi connectivity index (χ1v) is 4.67. The Morgan fingerprint density at radius 1 is 1.54 bits per heavy atom. The maximum atomic E-state index is 9.00. The molecule has 2 nitrogen and oxygen atoms in total. The summed E-state index contributed by atoms with van der Waals surface area (Å²) in [6.45, 7) is 3.00. The van der Waals surface area contributed by atoms with Gasteiger partial charge < -0.3 is 9.84 Å². The molecule has 0 aromatic heterocycles. The lowest BCUT2D eigenvalue weighted by Gasteiger charge is -2.09. The van der Waals surface area contributed by atoms with Crippen LogP contribution in [-0.2, 0) is 6.42 Å². The summed E-state index contributed by atoms with van der Waals surface area (Å²) in [6, 6.07) is 6.22. The van der Waals surface area contributed by atoms with E-state index in [4.69, 9.17) is 9.84 Å². The van der Waals surface area contributed by atoms with Crippen LogP contribution in [0.5, 0.6) is 5.75 Å². The molecule has 70 valence electrons. The molecule has 1 N–H and O–H groups in total. The fraction of sp³-hybridized carbons (Fsp3) is 0.455. The van der Waals surface area contributed by atoms with Crippen LogP contribution in [-0.4, -0.2) is 18.3 Å². The van der Waals surface area contributed by atoms with Gasteiger partial charge in [0.2, 0.25) is 0 Å². The normalized spacial score (nSPS) is 16.5. The van der Waals surface area contributed by atoms with Gasteiger partial charge in [-0.25, -0.2) is 0 Å². The predicted octanol–water partition coefficient (Wildman–Crippen LogP) is 1.72. The highest BCUT2D eigenvalue weighted by atomic mass is 16.5. The third-order valence-corrected chi connectivity index (χ3v) is 2.56. The molecule has 0 bridgehead atoms. The van der Waals surface area contributed by atoms with E-state index in [-0.39, 0.29) is 12.5 Å². The first-order valence-electron chi connectivity index (χ1n) is 4.67. The standard InChI is InChI=1S/C11H14O2/c1-8(7-12)10-3-2-9-4-5-13-11(9)6-10/h2-3,6,8,12H,4-5,7H2,1H3. The number of benzene rings is 1. The van der Waals surface area contributed by atoms with Crippen molar-refractivity contribution in [2.75, 3.05) is 13.2 Å². The van der Waals surface area contributed by atoms with Crippen LogP contribution in [0.25, 0.3) is 0 Å². The smallest absolute Gasteiger partial charge is 0.122 e. The van der Waals surface area contributed by atoms with Crippen LogP contribution in [0.1, 0.15) is 24.0 Å². The molecular weight excluding hydrogens is 164 g/mol. The Morgan fingerprint density at radius 3 is 3.15 bits per heavy atom. The quantitative estimate of drug-likeness (QED) is 0.747. The molecule has 0 saturated heterocycles. The first-order chi connectivity index (χ1) is 6.31. The number of hydrogen-bond donors (Lipinski definition) is 1. The Hall–Kier alpha value is -1.02. The average molecular weight is 178 g/mol. The third kappa shape index (κ3) is 1.54. The van der Waals surface area contributed by atoms with Gasteiger partial charge in [0.25, 0.3) is 0 Å². The zero-order valence-electron chi connectivity index (χ0n) is 7.79. The molecule has 0 saturated carbocycles. The summed E-state index contributed by atoms with van der Waals surface area (Å²) >= 11 is 0. The highest BCUT2D eigenvalue weighted by Crippen LogP contribution is 2.28. The van der Waals surface area contributed by atoms with Crippen LogP contribution < -0.4 is 4.74 Å². The number of ether oxygens (including phenoxy) is 1. The number of hydrogen-bond acceptors (Lipinski definition) is 2. The van der Waals surface area contributed by atoms with Crippen molar-refractivity contribution in [2.45, 2.75) is 19.3 Å². The molecule has 1 aromatic carbocycles. The molecule has 13 heavy (non-hydrogen) atoms. The number of fused-ring (bicyclic) bond motifs is 1. The van der Waals surface area contributed by atoms with Gasteiger partial charge in [-0.05, 0) is 17.2 Å². The van der Waals surface area contributed by atoms with Gasteiger partial charge in [0.1, 0.15) is 5.75 Å². The van der Waals surface area contributed by atoms with E-state index in [1.165, 1.54) is 5.56 Å². The Morgan fingerprint density at radius 2 is 2.38 bits per heavy atom. The third-order valence-electron chi connectivity index (χ3n) is 2.56. The second kappa shape index (κ2) is 3.38. The summed E-state index contributed by atoms with van der Waals surface area (Å²) in [6.07, 6.45) is 1.02. The molecule has 1 atom stereocenters. The molecule has 0 aliphatic carbocycles. The van der Waals surface area contributed by atoms with Crippen molar-refractivity contribution >= 4 is 0 Å². The van der Waals surface area contributed by atoms with Crippen molar-refractivity contribution in [2.24, 2.45) is 0 Å². The summed E-state index contributed by atoms with van der Waals surface area (Å²) in [5.41, 5.74) is 2.44. The lowest BCUT2D eigenvalue weighted by molar-refractivity contribution is 0.272. The monoisotopic (exact) mass is 178 g/mol. The van der Waals surface area contributed by atoms with Crippen LogP contribution in [0, 0.1) is 0 Å². The lowest BCUT2D eigenvalue weighted by atomic mass is 10.00. The zero-order valence-corrected chi connectivity index (χ0v) is 7.79. The van der Waals surface area contributed by atoms with Gasteiger partial charge in [-0.2, -0.15) is 0 Å². The summed E-state index contributed by atoms with van der Waals surface area (Å²) < 4.78 is 5.45. The van der Waals surface area contributed by atoms with Crippen LogP contribution >= 0.6 is 0 Å². The van der Waals surface area contributed by atoms with E-state index >= 15 is 0 Å². The highest BCUT2D eigenvalue weighted by molar-refractivity contribution is 5.41. The Bertz CT molecular complexity index is 307. The number of aliphatic hydroxyl groups is 1. The molecule has 1 heterocycles. The first kappa shape index (κ1) is 8.57. The van der Waals surface area contributed by atoms with Crippen LogP contribution in [0.4, 0.5) is 0 Å². The Kier molecular flexibility index (Phi) is 2.23. The van der Waals surface area contributed by atoms with E-state index in [2.05, 4.69) is 12.1 Å². The molecule has 1 unspecified atom stereocenters. The van der Waals surface area contributed by atoms with Crippen molar-refractivity contribution in [3.05, 3.63) is 29.3 Å². The van der Waals surface area contributed by atoms with Crippen LogP contribution in [0.3, 0.4) is 0 Å². The molecule has 0 amide bonds. The van der Waals surface area contributed by atoms with Crippen LogP contribution in [0.2, 0.25) is 0 Å². The molecule has 2 heteroatoms. The van der Waals surface area contributed by atoms with Crippen molar-refractivity contribution < 1.29 is 9.84 Å². The van der Waals surface area contributed by atoms with Gasteiger partial charge in [-0.3, -0.25) is 0 Å². The molecule has 0 spiro atoms. The summed E-state index contributed by atoms with van der Waals surface area (Å²) in [5.74, 6) is 1.20. The van der Waals surface area contributed by atoms with Crippen molar-refractivity contribution in [3.8, 4) is 5.75 Å². The van der Waals surface area contributed by atoms with E-state index in [1.807, 2.05) is 13.0 Å². The minimum atomic E-state index is 0.193. The van der Waals surface area contributed by atoms with Crippen LogP contribution in [0.15, 0.2) is 18.2 Å². The van der Waals surface area contributed by atoms with Crippen molar-refractivity contribution in [3.63, 3.8) is 0 Å². The molecule has 0 fully saturated rings. The van der Waals surface area contributed by atoms with Gasteiger partial charge in [0.05, 0.1) is 6.61 Å². The Balaban J connectivity index is 2.30. The van der Waals surface area contributed by atoms with Gasteiger partial charge in [-0.15, -0.1) is 0 Å². The molecular formula is C11H14O2. The number of rotatable bonds is 2. The van der Waals surface area contributed by atoms with E-state index in [9.17, 15) is 0 Å². The maximum absolute atomic E-state index is 9.00.